The number of aliphatic hydroxyl groups is 3. The molecular formula is C23H44O5. The summed E-state index contributed by atoms with van der Waals surface area (Å²) in [6.45, 7) is 2.53. The third-order valence-electron chi connectivity index (χ3n) is 5.49. The third kappa shape index (κ3) is 11.5. The van der Waals surface area contributed by atoms with Crippen LogP contribution in [0.4, 0.5) is 0 Å². The normalized spacial score (nSPS) is 25.6. The molecule has 4 atom stereocenters. The van der Waals surface area contributed by atoms with Gasteiger partial charge in [0.05, 0.1) is 19.8 Å². The maximum atomic E-state index is 10.0. The Kier molecular flexibility index (Phi) is 15.9. The van der Waals surface area contributed by atoms with Crippen LogP contribution in [0, 0.1) is 0 Å². The van der Waals surface area contributed by atoms with Crippen molar-refractivity contribution in [2.75, 3.05) is 19.8 Å². The molecule has 1 aliphatic heterocycles. The van der Waals surface area contributed by atoms with Crippen LogP contribution in [-0.4, -0.2) is 59.6 Å². The highest BCUT2D eigenvalue weighted by Gasteiger charge is 2.38. The SMILES string of the molecule is CCCCCCCCCCCCC/C=C/CCO[C@@H]1[C@@H](O)[C@H](CO)OC[C@H]1O. The molecule has 1 heterocycles. The number of hydrogen-bond donors (Lipinski definition) is 3. The first-order valence-corrected chi connectivity index (χ1v) is 11.6. The molecule has 0 aliphatic carbocycles. The van der Waals surface area contributed by atoms with Crippen molar-refractivity contribution in [1.82, 2.24) is 0 Å². The van der Waals surface area contributed by atoms with E-state index in [2.05, 4.69) is 19.1 Å². The average Bonchev–Trinajstić information content (AvgIpc) is 2.70. The van der Waals surface area contributed by atoms with Gasteiger partial charge >= 0.3 is 0 Å². The van der Waals surface area contributed by atoms with E-state index in [1.807, 2.05) is 0 Å². The zero-order valence-electron chi connectivity index (χ0n) is 17.9. The van der Waals surface area contributed by atoms with Crippen molar-refractivity contribution in [3.63, 3.8) is 0 Å². The van der Waals surface area contributed by atoms with E-state index in [9.17, 15) is 10.2 Å². The smallest absolute Gasteiger partial charge is 0.114 e. The molecule has 3 N–H and O–H groups in total. The zero-order chi connectivity index (χ0) is 20.5. The van der Waals surface area contributed by atoms with Crippen molar-refractivity contribution in [3.05, 3.63) is 12.2 Å². The molecule has 0 unspecified atom stereocenters. The van der Waals surface area contributed by atoms with Crippen LogP contribution in [0.3, 0.4) is 0 Å². The van der Waals surface area contributed by atoms with Gasteiger partial charge in [-0.05, 0) is 19.3 Å². The van der Waals surface area contributed by atoms with Crippen molar-refractivity contribution < 1.29 is 24.8 Å². The topological polar surface area (TPSA) is 79.2 Å². The second-order valence-electron chi connectivity index (χ2n) is 8.03. The molecule has 1 rings (SSSR count). The minimum Gasteiger partial charge on any atom is -0.394 e. The van der Waals surface area contributed by atoms with E-state index in [4.69, 9.17) is 14.6 Å². The summed E-state index contributed by atoms with van der Waals surface area (Å²) >= 11 is 0. The maximum Gasteiger partial charge on any atom is 0.114 e. The van der Waals surface area contributed by atoms with Crippen molar-refractivity contribution in [1.29, 1.82) is 0 Å². The molecule has 0 amide bonds. The lowest BCUT2D eigenvalue weighted by atomic mass is 10.0. The van der Waals surface area contributed by atoms with Crippen LogP contribution in [0.5, 0.6) is 0 Å². The summed E-state index contributed by atoms with van der Waals surface area (Å²) in [6, 6.07) is 0. The number of hydrogen-bond acceptors (Lipinski definition) is 5. The minimum absolute atomic E-state index is 0.0850. The third-order valence-corrected chi connectivity index (χ3v) is 5.49. The molecule has 5 nitrogen and oxygen atoms in total. The van der Waals surface area contributed by atoms with Gasteiger partial charge in [0.25, 0.3) is 0 Å². The maximum absolute atomic E-state index is 10.0. The first kappa shape index (κ1) is 25.6. The number of ether oxygens (including phenoxy) is 2. The van der Waals surface area contributed by atoms with Crippen molar-refractivity contribution in [2.24, 2.45) is 0 Å². The van der Waals surface area contributed by atoms with Crippen LogP contribution < -0.4 is 0 Å². The van der Waals surface area contributed by atoms with E-state index < -0.39 is 24.4 Å². The van der Waals surface area contributed by atoms with E-state index in [1.165, 1.54) is 70.6 Å². The molecule has 0 saturated carbocycles. The van der Waals surface area contributed by atoms with Crippen LogP contribution in [0.1, 0.15) is 90.4 Å². The molecule has 0 aromatic heterocycles. The number of aliphatic hydroxyl groups excluding tert-OH is 3. The molecule has 5 heteroatoms. The molecule has 1 fully saturated rings. The Labute approximate surface area is 172 Å². The molecule has 1 aliphatic rings. The zero-order valence-corrected chi connectivity index (χ0v) is 17.9. The fourth-order valence-corrected chi connectivity index (χ4v) is 3.66. The standard InChI is InChI=1S/C23H44O5/c1-2-3-4-5-6-7-8-9-10-11-12-13-14-15-16-17-27-23-20(25)19-28-21(18-24)22(23)26/h14-15,20-26H,2-13,16-19H2,1H3/b15-14+/t20-,21+,22+,23+/m1/s1. The molecule has 0 aromatic rings. The molecular weight excluding hydrogens is 356 g/mol. The Bertz CT molecular complexity index is 374. The fraction of sp³-hybridized carbons (Fsp3) is 0.913. The van der Waals surface area contributed by atoms with Gasteiger partial charge in [0.15, 0.2) is 0 Å². The van der Waals surface area contributed by atoms with Crippen LogP contribution in [0.15, 0.2) is 12.2 Å². The summed E-state index contributed by atoms with van der Waals surface area (Å²) in [5.41, 5.74) is 0. The van der Waals surface area contributed by atoms with Gasteiger partial charge in [0, 0.05) is 0 Å². The van der Waals surface area contributed by atoms with Gasteiger partial charge in [-0.25, -0.2) is 0 Å². The summed E-state index contributed by atoms with van der Waals surface area (Å²) in [5.74, 6) is 0. The highest BCUT2D eigenvalue weighted by molar-refractivity contribution is 4.88. The molecule has 0 aromatic carbocycles. The van der Waals surface area contributed by atoms with Crippen LogP contribution in [0.25, 0.3) is 0 Å². The largest absolute Gasteiger partial charge is 0.394 e. The summed E-state index contributed by atoms with van der Waals surface area (Å²) in [4.78, 5) is 0. The van der Waals surface area contributed by atoms with Gasteiger partial charge < -0.3 is 24.8 Å². The molecule has 0 radical (unpaired) electrons. The molecule has 0 bridgehead atoms. The highest BCUT2D eigenvalue weighted by atomic mass is 16.6. The summed E-state index contributed by atoms with van der Waals surface area (Å²) in [6.07, 6.45) is 18.0. The van der Waals surface area contributed by atoms with Gasteiger partial charge in [-0.3, -0.25) is 0 Å². The van der Waals surface area contributed by atoms with E-state index >= 15 is 0 Å². The first-order chi connectivity index (χ1) is 13.7. The first-order valence-electron chi connectivity index (χ1n) is 11.6. The lowest BCUT2D eigenvalue weighted by Gasteiger charge is -2.37. The van der Waals surface area contributed by atoms with Gasteiger partial charge in [0.1, 0.15) is 24.4 Å². The molecule has 0 spiro atoms. The van der Waals surface area contributed by atoms with Gasteiger partial charge in [-0.15, -0.1) is 0 Å². The Hall–Kier alpha value is -0.460. The lowest BCUT2D eigenvalue weighted by Crippen LogP contribution is -2.55. The Morgan fingerprint density at radius 3 is 2.04 bits per heavy atom. The quantitative estimate of drug-likeness (QED) is 0.253. The predicted octanol–water partition coefficient (Wildman–Crippen LogP) is 4.13. The fourth-order valence-electron chi connectivity index (χ4n) is 3.66. The van der Waals surface area contributed by atoms with Crippen LogP contribution >= 0.6 is 0 Å². The molecule has 166 valence electrons. The minimum atomic E-state index is -0.992. The van der Waals surface area contributed by atoms with Crippen molar-refractivity contribution in [3.8, 4) is 0 Å². The summed E-state index contributed by atoms with van der Waals surface area (Å²) in [5, 5.41) is 29.0. The summed E-state index contributed by atoms with van der Waals surface area (Å²) in [7, 11) is 0. The van der Waals surface area contributed by atoms with Gasteiger partial charge in [-0.1, -0.05) is 83.3 Å². The van der Waals surface area contributed by atoms with Crippen LogP contribution in [0.2, 0.25) is 0 Å². The van der Waals surface area contributed by atoms with Crippen molar-refractivity contribution >= 4 is 0 Å². The summed E-state index contributed by atoms with van der Waals surface area (Å²) < 4.78 is 10.8. The second kappa shape index (κ2) is 17.4. The molecule has 28 heavy (non-hydrogen) atoms. The number of allylic oxidation sites excluding steroid dienone is 1. The average molecular weight is 401 g/mol. The van der Waals surface area contributed by atoms with E-state index in [0.29, 0.717) is 6.61 Å². The monoisotopic (exact) mass is 400 g/mol. The van der Waals surface area contributed by atoms with Gasteiger partial charge in [0.2, 0.25) is 0 Å². The Balaban J connectivity index is 1.90. The predicted molar refractivity (Wildman–Crippen MR) is 113 cm³/mol. The van der Waals surface area contributed by atoms with Crippen molar-refractivity contribution in [2.45, 2.75) is 115 Å². The molecule has 1 saturated heterocycles. The van der Waals surface area contributed by atoms with Crippen LogP contribution in [-0.2, 0) is 9.47 Å². The number of unbranched alkanes of at least 4 members (excludes halogenated alkanes) is 11. The lowest BCUT2D eigenvalue weighted by molar-refractivity contribution is -0.210. The van der Waals surface area contributed by atoms with E-state index in [1.54, 1.807) is 0 Å². The second-order valence-corrected chi connectivity index (χ2v) is 8.03. The Morgan fingerprint density at radius 2 is 1.43 bits per heavy atom. The highest BCUT2D eigenvalue weighted by Crippen LogP contribution is 2.18. The van der Waals surface area contributed by atoms with E-state index in [0.717, 1.165) is 12.8 Å². The van der Waals surface area contributed by atoms with Gasteiger partial charge in [-0.2, -0.15) is 0 Å². The number of rotatable bonds is 17. The van der Waals surface area contributed by atoms with E-state index in [-0.39, 0.29) is 13.2 Å². The Morgan fingerprint density at radius 1 is 0.857 bits per heavy atom.